The van der Waals surface area contributed by atoms with Gasteiger partial charge in [0.1, 0.15) is 22.8 Å². The standard InChI is InChI=1S/C18H16BrNO4/c1-22-14-4-3-5-15(23-2)16(14)18-13(10-21)17(20-24-18)11-6-8-12(19)9-7-11/h3-9,21H,10H2,1-2H3. The van der Waals surface area contributed by atoms with Gasteiger partial charge in [0.2, 0.25) is 0 Å². The van der Waals surface area contributed by atoms with E-state index in [2.05, 4.69) is 21.1 Å². The minimum atomic E-state index is -0.217. The minimum absolute atomic E-state index is 0.217. The zero-order chi connectivity index (χ0) is 17.1. The maximum atomic E-state index is 9.90. The number of ether oxygens (including phenoxy) is 2. The van der Waals surface area contributed by atoms with Crippen molar-refractivity contribution in [3.63, 3.8) is 0 Å². The molecule has 0 aliphatic heterocycles. The van der Waals surface area contributed by atoms with Gasteiger partial charge in [0.05, 0.1) is 26.4 Å². The highest BCUT2D eigenvalue weighted by Gasteiger charge is 2.24. The van der Waals surface area contributed by atoms with Crippen molar-refractivity contribution in [3.05, 3.63) is 52.5 Å². The van der Waals surface area contributed by atoms with Gasteiger partial charge in [0.15, 0.2) is 5.76 Å². The molecule has 3 aromatic rings. The van der Waals surface area contributed by atoms with Crippen LogP contribution in [0.2, 0.25) is 0 Å². The number of nitrogens with zero attached hydrogens (tertiary/aromatic N) is 1. The van der Waals surface area contributed by atoms with Gasteiger partial charge in [-0.25, -0.2) is 0 Å². The third-order valence-electron chi connectivity index (χ3n) is 3.72. The number of halogens is 1. The lowest BCUT2D eigenvalue weighted by Gasteiger charge is -2.11. The maximum Gasteiger partial charge on any atom is 0.180 e. The number of aliphatic hydroxyl groups excluding tert-OH is 1. The fourth-order valence-electron chi connectivity index (χ4n) is 2.56. The third-order valence-corrected chi connectivity index (χ3v) is 4.25. The average molecular weight is 390 g/mol. The summed E-state index contributed by atoms with van der Waals surface area (Å²) in [5, 5.41) is 14.1. The molecule has 0 saturated carbocycles. The summed E-state index contributed by atoms with van der Waals surface area (Å²) in [6.07, 6.45) is 0. The molecule has 0 spiro atoms. The van der Waals surface area contributed by atoms with Gasteiger partial charge in [-0.1, -0.05) is 39.3 Å². The predicted molar refractivity (Wildman–Crippen MR) is 94.1 cm³/mol. The first-order valence-electron chi connectivity index (χ1n) is 7.26. The highest BCUT2D eigenvalue weighted by atomic mass is 79.9. The van der Waals surface area contributed by atoms with E-state index in [-0.39, 0.29) is 6.61 Å². The number of rotatable bonds is 5. The fourth-order valence-corrected chi connectivity index (χ4v) is 2.83. The summed E-state index contributed by atoms with van der Waals surface area (Å²) in [7, 11) is 3.14. The number of aromatic nitrogens is 1. The Morgan fingerprint density at radius 3 is 2.21 bits per heavy atom. The number of hydrogen-bond acceptors (Lipinski definition) is 5. The van der Waals surface area contributed by atoms with E-state index in [1.54, 1.807) is 26.4 Å². The van der Waals surface area contributed by atoms with Gasteiger partial charge in [-0.05, 0) is 24.3 Å². The molecule has 0 radical (unpaired) electrons. The number of hydrogen-bond donors (Lipinski definition) is 1. The van der Waals surface area contributed by atoms with Gasteiger partial charge in [-0.3, -0.25) is 0 Å². The van der Waals surface area contributed by atoms with E-state index in [1.807, 2.05) is 30.3 Å². The highest BCUT2D eigenvalue weighted by Crippen LogP contribution is 2.42. The molecular formula is C18H16BrNO4. The minimum Gasteiger partial charge on any atom is -0.496 e. The summed E-state index contributed by atoms with van der Waals surface area (Å²) >= 11 is 3.41. The highest BCUT2D eigenvalue weighted by molar-refractivity contribution is 9.10. The summed E-state index contributed by atoms with van der Waals surface area (Å²) in [4.78, 5) is 0. The van der Waals surface area contributed by atoms with Crippen molar-refractivity contribution < 1.29 is 19.1 Å². The van der Waals surface area contributed by atoms with Crippen LogP contribution < -0.4 is 9.47 Å². The van der Waals surface area contributed by atoms with Crippen molar-refractivity contribution in [3.8, 4) is 34.1 Å². The molecule has 0 bridgehead atoms. The molecule has 0 unspecified atom stereocenters. The summed E-state index contributed by atoms with van der Waals surface area (Å²) < 4.78 is 17.4. The van der Waals surface area contributed by atoms with Crippen LogP contribution in [-0.4, -0.2) is 24.5 Å². The molecule has 5 nitrogen and oxygen atoms in total. The second-order valence-corrected chi connectivity index (χ2v) is 5.96. The zero-order valence-corrected chi connectivity index (χ0v) is 14.8. The maximum absolute atomic E-state index is 9.90. The van der Waals surface area contributed by atoms with Crippen molar-refractivity contribution in [1.29, 1.82) is 0 Å². The average Bonchev–Trinajstić information content (AvgIpc) is 3.05. The van der Waals surface area contributed by atoms with E-state index in [1.165, 1.54) is 0 Å². The molecule has 0 aliphatic rings. The van der Waals surface area contributed by atoms with Gasteiger partial charge in [0.25, 0.3) is 0 Å². The normalized spacial score (nSPS) is 10.7. The van der Waals surface area contributed by atoms with E-state index >= 15 is 0 Å². The smallest absolute Gasteiger partial charge is 0.180 e. The Balaban J connectivity index is 2.19. The molecule has 3 rings (SSSR count). The Hall–Kier alpha value is -2.31. The van der Waals surface area contributed by atoms with E-state index in [0.717, 1.165) is 10.0 Å². The molecule has 0 aliphatic carbocycles. The lowest BCUT2D eigenvalue weighted by atomic mass is 10.0. The molecule has 1 N–H and O–H groups in total. The predicted octanol–water partition coefficient (Wildman–Crippen LogP) is 4.28. The van der Waals surface area contributed by atoms with Crippen LogP contribution >= 0.6 is 15.9 Å². The molecule has 2 aromatic carbocycles. The Morgan fingerprint density at radius 1 is 1.04 bits per heavy atom. The molecular weight excluding hydrogens is 374 g/mol. The topological polar surface area (TPSA) is 64.7 Å². The van der Waals surface area contributed by atoms with Gasteiger partial charge >= 0.3 is 0 Å². The van der Waals surface area contributed by atoms with Crippen molar-refractivity contribution >= 4 is 15.9 Å². The fraction of sp³-hybridized carbons (Fsp3) is 0.167. The number of benzene rings is 2. The van der Waals surface area contributed by atoms with Gasteiger partial charge in [-0.15, -0.1) is 0 Å². The second-order valence-electron chi connectivity index (χ2n) is 5.04. The SMILES string of the molecule is COc1cccc(OC)c1-c1onc(-c2ccc(Br)cc2)c1CO. The molecule has 1 heterocycles. The van der Waals surface area contributed by atoms with Crippen molar-refractivity contribution in [2.75, 3.05) is 14.2 Å². The Bertz CT molecular complexity index is 820. The van der Waals surface area contributed by atoms with Gasteiger partial charge < -0.3 is 19.1 Å². The van der Waals surface area contributed by atoms with Crippen molar-refractivity contribution in [2.24, 2.45) is 0 Å². The van der Waals surface area contributed by atoms with Crippen LogP contribution in [0.15, 0.2) is 51.5 Å². The summed E-state index contributed by atoms with van der Waals surface area (Å²) in [6, 6.07) is 13.1. The van der Waals surface area contributed by atoms with Crippen LogP contribution in [-0.2, 0) is 6.61 Å². The van der Waals surface area contributed by atoms with E-state index < -0.39 is 0 Å². The van der Waals surface area contributed by atoms with Crippen LogP contribution in [0.1, 0.15) is 5.56 Å². The summed E-state index contributed by atoms with van der Waals surface area (Å²) in [5.74, 6) is 1.61. The first kappa shape index (κ1) is 16.5. The molecule has 0 saturated heterocycles. The monoisotopic (exact) mass is 389 g/mol. The Morgan fingerprint density at radius 2 is 1.67 bits per heavy atom. The molecule has 6 heteroatoms. The number of aliphatic hydroxyl groups is 1. The van der Waals surface area contributed by atoms with Crippen LogP contribution in [0.25, 0.3) is 22.6 Å². The lowest BCUT2D eigenvalue weighted by molar-refractivity contribution is 0.281. The van der Waals surface area contributed by atoms with Crippen LogP contribution in [0.4, 0.5) is 0 Å². The summed E-state index contributed by atoms with van der Waals surface area (Å²) in [5.41, 5.74) is 2.65. The molecule has 0 atom stereocenters. The summed E-state index contributed by atoms with van der Waals surface area (Å²) in [6.45, 7) is -0.217. The van der Waals surface area contributed by atoms with Crippen LogP contribution in [0.5, 0.6) is 11.5 Å². The van der Waals surface area contributed by atoms with Crippen molar-refractivity contribution in [2.45, 2.75) is 6.61 Å². The second kappa shape index (κ2) is 7.07. The Kier molecular flexibility index (Phi) is 4.87. The molecule has 24 heavy (non-hydrogen) atoms. The van der Waals surface area contributed by atoms with Gasteiger partial charge in [-0.2, -0.15) is 0 Å². The molecule has 0 fully saturated rings. The molecule has 124 valence electrons. The van der Waals surface area contributed by atoms with Gasteiger partial charge in [0, 0.05) is 10.0 Å². The lowest BCUT2D eigenvalue weighted by Crippen LogP contribution is -1.95. The van der Waals surface area contributed by atoms with Crippen LogP contribution in [0, 0.1) is 0 Å². The largest absolute Gasteiger partial charge is 0.496 e. The molecule has 0 amide bonds. The van der Waals surface area contributed by atoms with E-state index in [0.29, 0.717) is 34.1 Å². The number of methoxy groups -OCH3 is 2. The van der Waals surface area contributed by atoms with E-state index in [9.17, 15) is 5.11 Å². The third kappa shape index (κ3) is 2.90. The molecule has 1 aromatic heterocycles. The quantitative estimate of drug-likeness (QED) is 0.705. The Labute approximate surface area is 147 Å². The zero-order valence-electron chi connectivity index (χ0n) is 13.2. The first-order chi connectivity index (χ1) is 11.7. The van der Waals surface area contributed by atoms with Crippen LogP contribution in [0.3, 0.4) is 0 Å². The van der Waals surface area contributed by atoms with Crippen molar-refractivity contribution in [1.82, 2.24) is 5.16 Å². The first-order valence-corrected chi connectivity index (χ1v) is 8.05. The van der Waals surface area contributed by atoms with E-state index in [4.69, 9.17) is 14.0 Å².